The number of phenolic OH excluding ortho intramolecular Hbond substituents is 1. The molecule has 0 spiro atoms. The molecular weight excluding hydrogens is 307 g/mol. The number of aromatic hydroxyl groups is 1. The van der Waals surface area contributed by atoms with Gasteiger partial charge in [-0.25, -0.2) is 4.39 Å². The maximum Gasteiger partial charge on any atom is 0.166 e. The van der Waals surface area contributed by atoms with Crippen molar-refractivity contribution in [2.45, 2.75) is 25.9 Å². The lowest BCUT2D eigenvalue weighted by Gasteiger charge is -2.04. The molecule has 0 bridgehead atoms. The zero-order chi connectivity index (χ0) is 17.2. The van der Waals surface area contributed by atoms with Gasteiger partial charge in [-0.2, -0.15) is 0 Å². The molecule has 0 saturated carbocycles. The maximum atomic E-state index is 13.2. The number of hydrogen-bond donors (Lipinski definition) is 2. The van der Waals surface area contributed by atoms with Crippen molar-refractivity contribution in [2.75, 3.05) is 13.2 Å². The van der Waals surface area contributed by atoms with Gasteiger partial charge in [-0.05, 0) is 55.2 Å². The Bertz CT molecular complexity index is 699. The molecule has 0 aromatic heterocycles. The first-order valence-electron chi connectivity index (χ1n) is 7.97. The Kier molecular flexibility index (Phi) is 7.28. The van der Waals surface area contributed by atoms with Crippen LogP contribution in [0.2, 0.25) is 0 Å². The summed E-state index contributed by atoms with van der Waals surface area (Å²) in [5.74, 6) is 4.78. The molecule has 0 aliphatic heterocycles. The van der Waals surface area contributed by atoms with Crippen LogP contribution in [0.1, 0.15) is 36.0 Å². The number of aliphatic hydroxyl groups is 1. The van der Waals surface area contributed by atoms with Crippen LogP contribution in [0.3, 0.4) is 0 Å². The molecule has 0 aliphatic rings. The van der Waals surface area contributed by atoms with Crippen LogP contribution in [0.25, 0.3) is 0 Å². The monoisotopic (exact) mass is 328 g/mol. The van der Waals surface area contributed by atoms with E-state index < -0.39 is 5.82 Å². The third-order valence-electron chi connectivity index (χ3n) is 3.47. The van der Waals surface area contributed by atoms with E-state index in [1.165, 1.54) is 12.1 Å². The Morgan fingerprint density at radius 1 is 0.917 bits per heavy atom. The van der Waals surface area contributed by atoms with Crippen LogP contribution in [0.15, 0.2) is 42.5 Å². The molecule has 126 valence electrons. The largest absolute Gasteiger partial charge is 0.505 e. The van der Waals surface area contributed by atoms with Crippen molar-refractivity contribution in [2.24, 2.45) is 0 Å². The van der Waals surface area contributed by atoms with E-state index in [9.17, 15) is 4.39 Å². The van der Waals surface area contributed by atoms with Gasteiger partial charge in [-0.15, -0.1) is 0 Å². The molecule has 4 heteroatoms. The number of rotatable bonds is 7. The molecule has 0 fully saturated rings. The number of ether oxygens (including phenoxy) is 1. The molecule has 2 aromatic carbocycles. The molecule has 0 aliphatic carbocycles. The fraction of sp³-hybridized carbons (Fsp3) is 0.300. The average molecular weight is 328 g/mol. The Morgan fingerprint density at radius 3 is 2.33 bits per heavy atom. The van der Waals surface area contributed by atoms with E-state index in [-0.39, 0.29) is 12.4 Å². The van der Waals surface area contributed by atoms with Crippen molar-refractivity contribution in [3.63, 3.8) is 0 Å². The van der Waals surface area contributed by atoms with Crippen LogP contribution in [-0.4, -0.2) is 23.4 Å². The lowest BCUT2D eigenvalue weighted by atomic mass is 10.1. The molecule has 24 heavy (non-hydrogen) atoms. The number of hydrogen-bond acceptors (Lipinski definition) is 3. The molecular formula is C20H21FO3. The Morgan fingerprint density at radius 2 is 1.62 bits per heavy atom. The predicted octanol–water partition coefficient (Wildman–Crippen LogP) is 3.61. The summed E-state index contributed by atoms with van der Waals surface area (Å²) in [4.78, 5) is 0. The quantitative estimate of drug-likeness (QED) is 0.603. The van der Waals surface area contributed by atoms with E-state index in [2.05, 4.69) is 11.8 Å². The summed E-state index contributed by atoms with van der Waals surface area (Å²) in [7, 11) is 0. The molecule has 3 nitrogen and oxygen atoms in total. The first-order valence-corrected chi connectivity index (χ1v) is 7.97. The minimum Gasteiger partial charge on any atom is -0.505 e. The summed E-state index contributed by atoms with van der Waals surface area (Å²) in [6, 6.07) is 11.8. The Balaban J connectivity index is 1.84. The van der Waals surface area contributed by atoms with E-state index in [4.69, 9.17) is 14.9 Å². The summed E-state index contributed by atoms with van der Waals surface area (Å²) >= 11 is 0. The van der Waals surface area contributed by atoms with Crippen molar-refractivity contribution in [3.05, 3.63) is 65.0 Å². The number of benzene rings is 2. The predicted molar refractivity (Wildman–Crippen MR) is 91.1 cm³/mol. The standard InChI is InChI=1S/C20H21FO3/c21-19-14-17(10-11-20(19)23)7-4-16-5-8-18(9-6-16)15-24-13-3-1-2-12-22/h5-6,8-11,14,22-23H,1-3,12-13,15H2. The van der Waals surface area contributed by atoms with Crippen LogP contribution in [0.4, 0.5) is 4.39 Å². The van der Waals surface area contributed by atoms with E-state index in [1.807, 2.05) is 24.3 Å². The highest BCUT2D eigenvalue weighted by molar-refractivity contribution is 5.45. The molecule has 0 atom stereocenters. The molecule has 0 unspecified atom stereocenters. The summed E-state index contributed by atoms with van der Waals surface area (Å²) in [6.07, 6.45) is 2.75. The lowest BCUT2D eigenvalue weighted by molar-refractivity contribution is 0.115. The first kappa shape index (κ1) is 18.0. The van der Waals surface area contributed by atoms with Gasteiger partial charge < -0.3 is 14.9 Å². The average Bonchev–Trinajstić information content (AvgIpc) is 2.60. The molecule has 0 radical (unpaired) electrons. The molecule has 0 heterocycles. The number of halogens is 1. The SMILES string of the molecule is OCCCCCOCc1ccc(C#Cc2ccc(O)c(F)c2)cc1. The van der Waals surface area contributed by atoms with Crippen LogP contribution in [-0.2, 0) is 11.3 Å². The topological polar surface area (TPSA) is 49.7 Å². The van der Waals surface area contributed by atoms with Crippen molar-refractivity contribution in [1.82, 2.24) is 0 Å². The van der Waals surface area contributed by atoms with Gasteiger partial charge in [0.05, 0.1) is 6.61 Å². The molecule has 2 N–H and O–H groups in total. The second-order valence-corrected chi connectivity index (χ2v) is 5.45. The Hall–Kier alpha value is -2.35. The van der Waals surface area contributed by atoms with Gasteiger partial charge in [0, 0.05) is 24.3 Å². The van der Waals surface area contributed by atoms with Crippen molar-refractivity contribution < 1.29 is 19.3 Å². The summed E-state index contributed by atoms with van der Waals surface area (Å²) in [6.45, 7) is 1.48. The van der Waals surface area contributed by atoms with Crippen LogP contribution in [0, 0.1) is 17.7 Å². The number of unbranched alkanes of at least 4 members (excludes halogenated alkanes) is 2. The van der Waals surface area contributed by atoms with Gasteiger partial charge in [0.25, 0.3) is 0 Å². The first-order chi connectivity index (χ1) is 11.7. The van der Waals surface area contributed by atoms with Gasteiger partial charge in [0.15, 0.2) is 11.6 Å². The van der Waals surface area contributed by atoms with E-state index in [0.29, 0.717) is 18.8 Å². The lowest BCUT2D eigenvalue weighted by Crippen LogP contribution is -1.96. The summed E-state index contributed by atoms with van der Waals surface area (Å²) in [5.41, 5.74) is 2.41. The second kappa shape index (κ2) is 9.71. The van der Waals surface area contributed by atoms with E-state index >= 15 is 0 Å². The van der Waals surface area contributed by atoms with Gasteiger partial charge >= 0.3 is 0 Å². The number of phenols is 1. The molecule has 2 aromatic rings. The zero-order valence-corrected chi connectivity index (χ0v) is 13.5. The van der Waals surface area contributed by atoms with Gasteiger partial charge in [0.1, 0.15) is 0 Å². The molecule has 0 saturated heterocycles. The summed E-state index contributed by atoms with van der Waals surface area (Å²) < 4.78 is 18.8. The van der Waals surface area contributed by atoms with Crippen molar-refractivity contribution >= 4 is 0 Å². The molecule has 0 amide bonds. The highest BCUT2D eigenvalue weighted by Crippen LogP contribution is 2.15. The van der Waals surface area contributed by atoms with Gasteiger partial charge in [0.2, 0.25) is 0 Å². The van der Waals surface area contributed by atoms with Crippen LogP contribution in [0.5, 0.6) is 5.75 Å². The zero-order valence-electron chi connectivity index (χ0n) is 13.5. The Labute approximate surface area is 141 Å². The van der Waals surface area contributed by atoms with Crippen molar-refractivity contribution in [3.8, 4) is 17.6 Å². The van der Waals surface area contributed by atoms with Crippen LogP contribution < -0.4 is 0 Å². The fourth-order valence-electron chi connectivity index (χ4n) is 2.10. The minimum absolute atomic E-state index is 0.235. The second-order valence-electron chi connectivity index (χ2n) is 5.45. The normalized spacial score (nSPS) is 10.2. The smallest absolute Gasteiger partial charge is 0.166 e. The van der Waals surface area contributed by atoms with Gasteiger partial charge in [-0.1, -0.05) is 24.0 Å². The highest BCUT2D eigenvalue weighted by atomic mass is 19.1. The minimum atomic E-state index is -0.673. The fourth-order valence-corrected chi connectivity index (χ4v) is 2.10. The maximum absolute atomic E-state index is 13.2. The third-order valence-corrected chi connectivity index (χ3v) is 3.47. The number of aliphatic hydroxyl groups excluding tert-OH is 1. The highest BCUT2D eigenvalue weighted by Gasteiger charge is 1.99. The third kappa shape index (κ3) is 6.04. The summed E-state index contributed by atoms with van der Waals surface area (Å²) in [5, 5.41) is 17.8. The van der Waals surface area contributed by atoms with E-state index in [1.54, 1.807) is 6.07 Å². The molecule has 2 rings (SSSR count). The van der Waals surface area contributed by atoms with Crippen LogP contribution >= 0.6 is 0 Å². The van der Waals surface area contributed by atoms with Crippen molar-refractivity contribution in [1.29, 1.82) is 0 Å². The van der Waals surface area contributed by atoms with E-state index in [0.717, 1.165) is 30.4 Å². The van der Waals surface area contributed by atoms with Gasteiger partial charge in [-0.3, -0.25) is 0 Å².